The molecule has 17 heavy (non-hydrogen) atoms. The second-order valence-electron chi connectivity index (χ2n) is 3.66. The van der Waals surface area contributed by atoms with E-state index in [1.807, 2.05) is 0 Å². The molecule has 0 bridgehead atoms. The first-order chi connectivity index (χ1) is 7.90. The Morgan fingerprint density at radius 1 is 1.53 bits per heavy atom. The predicted octanol–water partition coefficient (Wildman–Crippen LogP) is -0.870. The fourth-order valence-corrected chi connectivity index (χ4v) is 1.19. The lowest BCUT2D eigenvalue weighted by Crippen LogP contribution is -2.43. The number of rotatable bonds is 7. The molecule has 0 rings (SSSR count). The molecule has 7 heteroatoms. The molecule has 0 saturated heterocycles. The highest BCUT2D eigenvalue weighted by Gasteiger charge is 2.21. The van der Waals surface area contributed by atoms with Crippen molar-refractivity contribution in [2.45, 2.75) is 6.92 Å². The summed E-state index contributed by atoms with van der Waals surface area (Å²) in [6.45, 7) is 2.45. The molecule has 0 heterocycles. The summed E-state index contributed by atoms with van der Waals surface area (Å²) in [5.41, 5.74) is 5.37. The van der Waals surface area contributed by atoms with Gasteiger partial charge in [-0.1, -0.05) is 12.2 Å². The molecule has 0 fully saturated rings. The third-order valence-electron chi connectivity index (χ3n) is 2.18. The molecule has 3 N–H and O–H groups in total. The van der Waals surface area contributed by atoms with Gasteiger partial charge in [-0.3, -0.25) is 9.59 Å². The van der Waals surface area contributed by atoms with Gasteiger partial charge in [-0.25, -0.2) is 0 Å². The van der Waals surface area contributed by atoms with Crippen molar-refractivity contribution in [2.75, 3.05) is 33.9 Å². The Labute approximate surface area is 106 Å². The number of nitrogens with one attached hydrogen (secondary N) is 1. The molecule has 1 atom stereocenters. The molecule has 2 amide bonds. The number of hydrogen-bond acceptors (Lipinski definition) is 4. The van der Waals surface area contributed by atoms with Crippen molar-refractivity contribution in [1.82, 2.24) is 10.2 Å². The van der Waals surface area contributed by atoms with Crippen LogP contribution in [0.25, 0.3) is 0 Å². The minimum atomic E-state index is -0.554. The Kier molecular flexibility index (Phi) is 7.40. The second kappa shape index (κ2) is 7.97. The van der Waals surface area contributed by atoms with Gasteiger partial charge in [0.15, 0.2) is 0 Å². The SMILES string of the molecule is COCCNC(=O)CN(C)C(=O)C(C)C(N)=S. The average Bonchev–Trinajstić information content (AvgIpc) is 2.27. The molecular formula is C10H19N3O3S. The number of nitrogens with zero attached hydrogens (tertiary/aromatic N) is 1. The molecule has 6 nitrogen and oxygen atoms in total. The number of carbonyl (C=O) groups is 2. The zero-order chi connectivity index (χ0) is 13.4. The molecule has 0 spiro atoms. The van der Waals surface area contributed by atoms with Crippen LogP contribution in [0.2, 0.25) is 0 Å². The summed E-state index contributed by atoms with van der Waals surface area (Å²) < 4.78 is 4.79. The average molecular weight is 261 g/mol. The summed E-state index contributed by atoms with van der Waals surface area (Å²) >= 11 is 4.73. The molecule has 0 aromatic heterocycles. The lowest BCUT2D eigenvalue weighted by Gasteiger charge is -2.20. The summed E-state index contributed by atoms with van der Waals surface area (Å²) in [6, 6.07) is 0. The van der Waals surface area contributed by atoms with Crippen LogP contribution in [0.15, 0.2) is 0 Å². The number of carbonyl (C=O) groups excluding carboxylic acids is 2. The Hall–Kier alpha value is -1.21. The van der Waals surface area contributed by atoms with Gasteiger partial charge in [0.2, 0.25) is 11.8 Å². The Morgan fingerprint density at radius 3 is 2.59 bits per heavy atom. The zero-order valence-electron chi connectivity index (χ0n) is 10.4. The van der Waals surface area contributed by atoms with E-state index >= 15 is 0 Å². The van der Waals surface area contributed by atoms with E-state index in [1.54, 1.807) is 14.0 Å². The molecule has 0 radical (unpaired) electrons. The molecule has 0 aromatic rings. The lowest BCUT2D eigenvalue weighted by molar-refractivity contribution is -0.136. The number of hydrogen-bond donors (Lipinski definition) is 2. The highest BCUT2D eigenvalue weighted by Crippen LogP contribution is 2.00. The van der Waals surface area contributed by atoms with Gasteiger partial charge in [-0.2, -0.15) is 0 Å². The van der Waals surface area contributed by atoms with Crippen LogP contribution in [0.5, 0.6) is 0 Å². The van der Waals surface area contributed by atoms with E-state index in [4.69, 9.17) is 22.7 Å². The van der Waals surface area contributed by atoms with Gasteiger partial charge >= 0.3 is 0 Å². The van der Waals surface area contributed by atoms with E-state index in [1.165, 1.54) is 11.9 Å². The van der Waals surface area contributed by atoms with E-state index < -0.39 is 5.92 Å². The topological polar surface area (TPSA) is 84.7 Å². The summed E-state index contributed by atoms with van der Waals surface area (Å²) in [5, 5.41) is 2.62. The van der Waals surface area contributed by atoms with Gasteiger partial charge in [0.1, 0.15) is 0 Å². The summed E-state index contributed by atoms with van der Waals surface area (Å²) in [4.78, 5) is 24.5. The molecule has 0 aliphatic heterocycles. The summed E-state index contributed by atoms with van der Waals surface area (Å²) in [6.07, 6.45) is 0. The van der Waals surface area contributed by atoms with Crippen molar-refractivity contribution < 1.29 is 14.3 Å². The predicted molar refractivity (Wildman–Crippen MR) is 68.5 cm³/mol. The maximum atomic E-state index is 11.7. The third kappa shape index (κ3) is 6.18. The van der Waals surface area contributed by atoms with Gasteiger partial charge < -0.3 is 20.7 Å². The van der Waals surface area contributed by atoms with Gasteiger partial charge in [-0.05, 0) is 6.92 Å². The molecule has 1 unspecified atom stereocenters. The fraction of sp³-hybridized carbons (Fsp3) is 0.700. The molecule has 0 aliphatic rings. The number of methoxy groups -OCH3 is 1. The standard InChI is InChI=1S/C10H19N3O3S/c1-7(9(11)17)10(15)13(2)6-8(14)12-4-5-16-3/h7H,4-6H2,1-3H3,(H2,11,17)(H,12,14). The molecule has 0 aliphatic carbocycles. The zero-order valence-corrected chi connectivity index (χ0v) is 11.2. The van der Waals surface area contributed by atoms with Crippen LogP contribution in [0.1, 0.15) is 6.92 Å². The number of amides is 2. The van der Waals surface area contributed by atoms with Crippen LogP contribution >= 0.6 is 12.2 Å². The lowest BCUT2D eigenvalue weighted by atomic mass is 10.1. The smallest absolute Gasteiger partial charge is 0.239 e. The van der Waals surface area contributed by atoms with Crippen LogP contribution in [-0.4, -0.2) is 55.6 Å². The van der Waals surface area contributed by atoms with E-state index in [9.17, 15) is 9.59 Å². The van der Waals surface area contributed by atoms with E-state index in [0.717, 1.165) is 0 Å². The Balaban J connectivity index is 4.07. The summed E-state index contributed by atoms with van der Waals surface area (Å²) in [7, 11) is 3.08. The minimum absolute atomic E-state index is 0.0184. The number of likely N-dealkylation sites (N-methyl/N-ethyl adjacent to an activating group) is 1. The van der Waals surface area contributed by atoms with Crippen molar-refractivity contribution in [3.63, 3.8) is 0 Å². The minimum Gasteiger partial charge on any atom is -0.393 e. The Morgan fingerprint density at radius 2 is 2.12 bits per heavy atom. The van der Waals surface area contributed by atoms with Crippen LogP contribution in [-0.2, 0) is 14.3 Å². The normalized spacial score (nSPS) is 11.7. The molecular weight excluding hydrogens is 242 g/mol. The van der Waals surface area contributed by atoms with Gasteiger partial charge in [-0.15, -0.1) is 0 Å². The molecule has 98 valence electrons. The number of ether oxygens (including phenoxy) is 1. The first-order valence-electron chi connectivity index (χ1n) is 5.20. The summed E-state index contributed by atoms with van der Waals surface area (Å²) in [5.74, 6) is -1.06. The van der Waals surface area contributed by atoms with Gasteiger partial charge in [0, 0.05) is 20.7 Å². The van der Waals surface area contributed by atoms with Crippen molar-refractivity contribution in [2.24, 2.45) is 11.7 Å². The first kappa shape index (κ1) is 15.8. The van der Waals surface area contributed by atoms with Crippen molar-refractivity contribution in [1.29, 1.82) is 0 Å². The first-order valence-corrected chi connectivity index (χ1v) is 5.61. The molecule has 0 saturated carbocycles. The quantitative estimate of drug-likeness (QED) is 0.460. The van der Waals surface area contributed by atoms with Crippen LogP contribution in [0.4, 0.5) is 0 Å². The molecule has 0 aromatic carbocycles. The maximum Gasteiger partial charge on any atom is 0.239 e. The van der Waals surface area contributed by atoms with Gasteiger partial charge in [0.05, 0.1) is 24.1 Å². The van der Waals surface area contributed by atoms with Crippen molar-refractivity contribution in [3.05, 3.63) is 0 Å². The van der Waals surface area contributed by atoms with Crippen LogP contribution in [0, 0.1) is 5.92 Å². The van der Waals surface area contributed by atoms with Crippen LogP contribution in [0.3, 0.4) is 0 Å². The fourth-order valence-electron chi connectivity index (χ4n) is 1.09. The third-order valence-corrected chi connectivity index (χ3v) is 2.54. The Bertz CT molecular complexity index is 297. The number of thiocarbonyl (C=S) groups is 1. The maximum absolute atomic E-state index is 11.7. The van der Waals surface area contributed by atoms with Crippen molar-refractivity contribution in [3.8, 4) is 0 Å². The monoisotopic (exact) mass is 261 g/mol. The highest BCUT2D eigenvalue weighted by molar-refractivity contribution is 7.80. The van der Waals surface area contributed by atoms with Crippen LogP contribution < -0.4 is 11.1 Å². The van der Waals surface area contributed by atoms with E-state index in [2.05, 4.69) is 5.32 Å². The van der Waals surface area contributed by atoms with E-state index in [0.29, 0.717) is 13.2 Å². The largest absolute Gasteiger partial charge is 0.393 e. The van der Waals surface area contributed by atoms with Crippen molar-refractivity contribution >= 4 is 29.0 Å². The number of nitrogens with two attached hydrogens (primary N) is 1. The van der Waals surface area contributed by atoms with Gasteiger partial charge in [0.25, 0.3) is 0 Å². The van der Waals surface area contributed by atoms with E-state index in [-0.39, 0.29) is 23.3 Å². The highest BCUT2D eigenvalue weighted by atomic mass is 32.1. The second-order valence-corrected chi connectivity index (χ2v) is 4.13.